The number of ether oxygens (including phenoxy) is 1. The van der Waals surface area contributed by atoms with E-state index in [9.17, 15) is 0 Å². The molecule has 1 N–H and O–H groups in total. The zero-order valence-electron chi connectivity index (χ0n) is 11.5. The zero-order valence-corrected chi connectivity index (χ0v) is 13.9. The van der Waals surface area contributed by atoms with Crippen LogP contribution >= 0.6 is 27.3 Å². The lowest BCUT2D eigenvalue weighted by Gasteiger charge is -2.21. The summed E-state index contributed by atoms with van der Waals surface area (Å²) in [5.41, 5.74) is 3.88. The Morgan fingerprint density at radius 1 is 1.45 bits per heavy atom. The van der Waals surface area contributed by atoms with E-state index < -0.39 is 0 Å². The quantitative estimate of drug-likeness (QED) is 0.853. The molecule has 2 heterocycles. The number of rotatable bonds is 5. The van der Waals surface area contributed by atoms with Crippen LogP contribution in [0.4, 0.5) is 0 Å². The van der Waals surface area contributed by atoms with Crippen LogP contribution in [0.25, 0.3) is 0 Å². The van der Waals surface area contributed by atoms with Gasteiger partial charge in [0.05, 0.1) is 12.6 Å². The molecule has 0 saturated heterocycles. The van der Waals surface area contributed by atoms with Crippen LogP contribution in [0.2, 0.25) is 0 Å². The Morgan fingerprint density at radius 2 is 2.35 bits per heavy atom. The monoisotopic (exact) mass is 351 g/mol. The summed E-state index contributed by atoms with van der Waals surface area (Å²) in [5, 5.41) is 8.00. The molecule has 0 amide bonds. The highest BCUT2D eigenvalue weighted by atomic mass is 79.9. The van der Waals surface area contributed by atoms with Crippen molar-refractivity contribution in [2.24, 2.45) is 0 Å². The Kier molecular flexibility index (Phi) is 4.44. The summed E-state index contributed by atoms with van der Waals surface area (Å²) >= 11 is 5.38. The van der Waals surface area contributed by atoms with Gasteiger partial charge in [-0.25, -0.2) is 0 Å². The SMILES string of the molecule is CCCNC(c1ccsc1)c1cc(Br)cc2c1OCC2. The van der Waals surface area contributed by atoms with E-state index in [1.807, 2.05) is 0 Å². The van der Waals surface area contributed by atoms with Crippen molar-refractivity contribution in [1.82, 2.24) is 5.32 Å². The van der Waals surface area contributed by atoms with E-state index in [1.165, 1.54) is 16.7 Å². The molecule has 20 heavy (non-hydrogen) atoms. The molecule has 0 aliphatic carbocycles. The molecule has 1 unspecified atom stereocenters. The minimum Gasteiger partial charge on any atom is -0.493 e. The number of nitrogens with one attached hydrogen (secondary N) is 1. The smallest absolute Gasteiger partial charge is 0.127 e. The van der Waals surface area contributed by atoms with Gasteiger partial charge in [-0.3, -0.25) is 0 Å². The third kappa shape index (κ3) is 2.78. The topological polar surface area (TPSA) is 21.3 Å². The molecule has 4 heteroatoms. The predicted octanol–water partition coefficient (Wildman–Crippen LogP) is 4.53. The molecular formula is C16H18BrNOS. The fraction of sp³-hybridized carbons (Fsp3) is 0.375. The number of hydrogen-bond donors (Lipinski definition) is 1. The summed E-state index contributed by atoms with van der Waals surface area (Å²) in [6, 6.07) is 6.77. The first-order valence-corrected chi connectivity index (χ1v) is 8.73. The van der Waals surface area contributed by atoms with E-state index in [-0.39, 0.29) is 6.04 Å². The van der Waals surface area contributed by atoms with Gasteiger partial charge in [0.25, 0.3) is 0 Å². The molecule has 106 valence electrons. The lowest BCUT2D eigenvalue weighted by Crippen LogP contribution is -2.23. The van der Waals surface area contributed by atoms with Gasteiger partial charge in [0, 0.05) is 16.5 Å². The lowest BCUT2D eigenvalue weighted by atomic mass is 9.97. The average Bonchev–Trinajstić information content (AvgIpc) is 3.09. The second-order valence-electron chi connectivity index (χ2n) is 5.03. The Morgan fingerprint density at radius 3 is 3.10 bits per heavy atom. The molecule has 0 spiro atoms. The van der Waals surface area contributed by atoms with Gasteiger partial charge in [-0.1, -0.05) is 22.9 Å². The van der Waals surface area contributed by atoms with Crippen LogP contribution in [0.3, 0.4) is 0 Å². The van der Waals surface area contributed by atoms with Crippen molar-refractivity contribution in [2.45, 2.75) is 25.8 Å². The van der Waals surface area contributed by atoms with Gasteiger partial charge in [0.2, 0.25) is 0 Å². The summed E-state index contributed by atoms with van der Waals surface area (Å²) in [4.78, 5) is 0. The molecule has 1 atom stereocenters. The second-order valence-corrected chi connectivity index (χ2v) is 6.72. The van der Waals surface area contributed by atoms with Crippen molar-refractivity contribution in [1.29, 1.82) is 0 Å². The molecule has 0 bridgehead atoms. The molecule has 0 saturated carbocycles. The standard InChI is InChI=1S/C16H18BrNOS/c1-2-5-18-15(12-4-7-20-10-12)14-9-13(17)8-11-3-6-19-16(11)14/h4,7-10,15,18H,2-3,5-6H2,1H3. The highest BCUT2D eigenvalue weighted by molar-refractivity contribution is 9.10. The maximum Gasteiger partial charge on any atom is 0.127 e. The largest absolute Gasteiger partial charge is 0.493 e. The summed E-state index contributed by atoms with van der Waals surface area (Å²) in [7, 11) is 0. The van der Waals surface area contributed by atoms with Gasteiger partial charge in [-0.2, -0.15) is 11.3 Å². The van der Waals surface area contributed by atoms with Gasteiger partial charge < -0.3 is 10.1 Å². The normalized spacial score (nSPS) is 14.9. The van der Waals surface area contributed by atoms with Crippen LogP contribution in [0.15, 0.2) is 33.4 Å². The molecule has 1 aliphatic rings. The number of hydrogen-bond acceptors (Lipinski definition) is 3. The molecule has 1 aromatic carbocycles. The summed E-state index contributed by atoms with van der Waals surface area (Å²) in [5.74, 6) is 1.08. The molecule has 2 nitrogen and oxygen atoms in total. The van der Waals surface area contributed by atoms with Gasteiger partial charge in [-0.05, 0) is 53.1 Å². The Balaban J connectivity index is 2.03. The number of fused-ring (bicyclic) bond motifs is 1. The van der Waals surface area contributed by atoms with E-state index in [4.69, 9.17) is 4.74 Å². The van der Waals surface area contributed by atoms with Crippen molar-refractivity contribution in [3.05, 3.63) is 50.1 Å². The van der Waals surface area contributed by atoms with Crippen LogP contribution < -0.4 is 10.1 Å². The third-order valence-corrected chi connectivity index (χ3v) is 4.72. The van der Waals surface area contributed by atoms with E-state index in [2.05, 4.69) is 57.1 Å². The summed E-state index contributed by atoms with van der Waals surface area (Å²) in [6.45, 7) is 3.99. The van der Waals surface area contributed by atoms with Crippen LogP contribution in [0.5, 0.6) is 5.75 Å². The number of halogens is 1. The first kappa shape index (κ1) is 14.1. The average molecular weight is 352 g/mol. The van der Waals surface area contributed by atoms with E-state index in [1.54, 1.807) is 11.3 Å². The van der Waals surface area contributed by atoms with Crippen LogP contribution in [0, 0.1) is 0 Å². The molecule has 1 aromatic heterocycles. The zero-order chi connectivity index (χ0) is 13.9. The second kappa shape index (κ2) is 6.29. The van der Waals surface area contributed by atoms with E-state index in [0.29, 0.717) is 0 Å². The van der Waals surface area contributed by atoms with Crippen molar-refractivity contribution >= 4 is 27.3 Å². The van der Waals surface area contributed by atoms with Crippen LogP contribution in [-0.2, 0) is 6.42 Å². The lowest BCUT2D eigenvalue weighted by molar-refractivity contribution is 0.350. The highest BCUT2D eigenvalue weighted by Gasteiger charge is 2.24. The summed E-state index contributed by atoms with van der Waals surface area (Å²) < 4.78 is 7.02. The van der Waals surface area contributed by atoms with E-state index >= 15 is 0 Å². The predicted molar refractivity (Wildman–Crippen MR) is 87.8 cm³/mol. The van der Waals surface area contributed by atoms with Gasteiger partial charge >= 0.3 is 0 Å². The molecule has 0 fully saturated rings. The first-order chi connectivity index (χ1) is 9.79. The fourth-order valence-corrected chi connectivity index (χ4v) is 3.86. The number of thiophene rings is 1. The molecule has 3 rings (SSSR count). The van der Waals surface area contributed by atoms with Gasteiger partial charge in [0.1, 0.15) is 5.75 Å². The third-order valence-electron chi connectivity index (χ3n) is 3.56. The van der Waals surface area contributed by atoms with E-state index in [0.717, 1.165) is 36.2 Å². The fourth-order valence-electron chi connectivity index (χ4n) is 2.65. The van der Waals surface area contributed by atoms with Gasteiger partial charge in [-0.15, -0.1) is 0 Å². The van der Waals surface area contributed by atoms with Crippen molar-refractivity contribution in [3.63, 3.8) is 0 Å². The minimum absolute atomic E-state index is 0.213. The molecule has 0 radical (unpaired) electrons. The van der Waals surface area contributed by atoms with Crippen molar-refractivity contribution in [2.75, 3.05) is 13.2 Å². The highest BCUT2D eigenvalue weighted by Crippen LogP contribution is 2.39. The molecular weight excluding hydrogens is 334 g/mol. The Hall–Kier alpha value is -0.840. The summed E-state index contributed by atoms with van der Waals surface area (Å²) in [6.07, 6.45) is 2.13. The Bertz CT molecular complexity index is 582. The Labute approximate surface area is 132 Å². The maximum atomic E-state index is 5.89. The van der Waals surface area contributed by atoms with Crippen LogP contribution in [-0.4, -0.2) is 13.2 Å². The van der Waals surface area contributed by atoms with Crippen LogP contribution in [0.1, 0.15) is 36.1 Å². The van der Waals surface area contributed by atoms with Crippen molar-refractivity contribution < 1.29 is 4.74 Å². The minimum atomic E-state index is 0.213. The molecule has 1 aliphatic heterocycles. The first-order valence-electron chi connectivity index (χ1n) is 7.00. The van der Waals surface area contributed by atoms with Gasteiger partial charge in [0.15, 0.2) is 0 Å². The molecule has 2 aromatic rings. The van der Waals surface area contributed by atoms with Crippen molar-refractivity contribution in [3.8, 4) is 5.75 Å². The number of benzene rings is 1. The maximum absolute atomic E-state index is 5.89.